The van der Waals surface area contributed by atoms with Gasteiger partial charge in [0.2, 0.25) is 10.0 Å². The van der Waals surface area contributed by atoms with E-state index >= 15 is 0 Å². The Morgan fingerprint density at radius 2 is 1.86 bits per heavy atom. The number of alkyl halides is 3. The molecule has 0 spiro atoms. The summed E-state index contributed by atoms with van der Waals surface area (Å²) in [5.74, 6) is 0.240. The molecule has 1 heterocycles. The number of sulfonamides is 1. The van der Waals surface area contributed by atoms with Gasteiger partial charge in [0.25, 0.3) is 0 Å². The molecule has 29 heavy (non-hydrogen) atoms. The molecule has 3 aromatic rings. The molecule has 2 aromatic carbocycles. The summed E-state index contributed by atoms with van der Waals surface area (Å²) in [6.07, 6.45) is -4.56. The molecule has 4 nitrogen and oxygen atoms in total. The van der Waals surface area contributed by atoms with Gasteiger partial charge in [-0.3, -0.25) is 0 Å². The third-order valence-corrected chi connectivity index (χ3v) is 7.00. The summed E-state index contributed by atoms with van der Waals surface area (Å²) in [6, 6.07) is 11.9. The number of fused-ring (bicyclic) bond motifs is 1. The minimum atomic E-state index is -4.56. The number of aryl methyl sites for hydroxylation is 1. The average Bonchev–Trinajstić information content (AvgIpc) is 2.66. The fraction of sp³-hybridized carbons (Fsp3) is 0.211. The van der Waals surface area contributed by atoms with Crippen LogP contribution in [0.3, 0.4) is 0 Å². The van der Waals surface area contributed by atoms with Crippen LogP contribution in [0.15, 0.2) is 58.3 Å². The quantitative estimate of drug-likeness (QED) is 0.401. The van der Waals surface area contributed by atoms with Gasteiger partial charge < -0.3 is 0 Å². The molecule has 154 valence electrons. The first-order chi connectivity index (χ1) is 13.6. The van der Waals surface area contributed by atoms with E-state index in [1.807, 2.05) is 0 Å². The van der Waals surface area contributed by atoms with Crippen LogP contribution in [0.2, 0.25) is 5.02 Å². The van der Waals surface area contributed by atoms with E-state index in [4.69, 9.17) is 11.6 Å². The van der Waals surface area contributed by atoms with Crippen LogP contribution in [0, 0.1) is 6.92 Å². The van der Waals surface area contributed by atoms with E-state index in [1.54, 1.807) is 31.2 Å². The van der Waals surface area contributed by atoms with E-state index in [0.29, 0.717) is 15.3 Å². The van der Waals surface area contributed by atoms with Gasteiger partial charge in [-0.25, -0.2) is 18.1 Å². The molecule has 0 bridgehead atoms. The van der Waals surface area contributed by atoms with Gasteiger partial charge in [0.05, 0.1) is 10.4 Å². The van der Waals surface area contributed by atoms with Gasteiger partial charge in [-0.2, -0.15) is 13.2 Å². The van der Waals surface area contributed by atoms with Crippen LogP contribution in [-0.4, -0.2) is 25.7 Å². The van der Waals surface area contributed by atoms with Crippen molar-refractivity contribution in [3.05, 3.63) is 64.8 Å². The molecule has 10 heteroatoms. The minimum Gasteiger partial charge on any atom is -0.243 e. The first-order valence-electron chi connectivity index (χ1n) is 8.43. The molecule has 0 saturated carbocycles. The number of hydrogen-bond acceptors (Lipinski definition) is 4. The molecule has 1 aromatic heterocycles. The van der Waals surface area contributed by atoms with E-state index < -0.39 is 21.9 Å². The number of aromatic nitrogens is 1. The Kier molecular flexibility index (Phi) is 6.42. The zero-order chi connectivity index (χ0) is 21.2. The number of rotatable bonds is 6. The maximum atomic E-state index is 13.1. The van der Waals surface area contributed by atoms with Crippen molar-refractivity contribution >= 4 is 44.3 Å². The van der Waals surface area contributed by atoms with Gasteiger partial charge in [0, 0.05) is 27.6 Å². The molecule has 0 radical (unpaired) electrons. The molecule has 1 N–H and O–H groups in total. The van der Waals surface area contributed by atoms with Gasteiger partial charge in [-0.15, -0.1) is 11.8 Å². The summed E-state index contributed by atoms with van der Waals surface area (Å²) < 4.78 is 66.5. The van der Waals surface area contributed by atoms with Crippen molar-refractivity contribution in [3.63, 3.8) is 0 Å². The molecule has 0 atom stereocenters. The van der Waals surface area contributed by atoms with Crippen LogP contribution >= 0.6 is 23.4 Å². The van der Waals surface area contributed by atoms with Gasteiger partial charge in [0.1, 0.15) is 5.69 Å². The molecule has 0 fully saturated rings. The van der Waals surface area contributed by atoms with E-state index in [2.05, 4.69) is 9.71 Å². The fourth-order valence-corrected chi connectivity index (χ4v) is 4.95. The van der Waals surface area contributed by atoms with Gasteiger partial charge in [0.15, 0.2) is 0 Å². The Morgan fingerprint density at radius 3 is 2.55 bits per heavy atom. The normalized spacial score (nSPS) is 12.4. The summed E-state index contributed by atoms with van der Waals surface area (Å²) in [4.78, 5) is 4.09. The lowest BCUT2D eigenvalue weighted by Crippen LogP contribution is -2.26. The molecule has 3 rings (SSSR count). The summed E-state index contributed by atoms with van der Waals surface area (Å²) in [5, 5.41) is 0.920. The number of thioether (sulfide) groups is 1. The standard InChI is InChI=1S/C19H16ClF3N2O2S2/c1-12-6-7-13(10-15(12)20)29(26,27)24-8-9-28-17-11-18(19(21,22)23)25-16-5-3-2-4-14(16)17/h2-7,10-11,24H,8-9H2,1H3. The maximum absolute atomic E-state index is 13.1. The largest absolute Gasteiger partial charge is 0.433 e. The second-order valence-corrected chi connectivity index (χ2v) is 9.49. The number of benzene rings is 2. The fourth-order valence-electron chi connectivity index (χ4n) is 2.57. The smallest absolute Gasteiger partial charge is 0.243 e. The zero-order valence-electron chi connectivity index (χ0n) is 15.1. The van der Waals surface area contributed by atoms with Crippen molar-refractivity contribution in [2.24, 2.45) is 0 Å². The van der Waals surface area contributed by atoms with Gasteiger partial charge >= 0.3 is 6.18 Å². The van der Waals surface area contributed by atoms with E-state index in [1.165, 1.54) is 18.2 Å². The molecule has 0 unspecified atom stereocenters. The highest BCUT2D eigenvalue weighted by molar-refractivity contribution is 7.99. The Hall–Kier alpha value is -1.81. The maximum Gasteiger partial charge on any atom is 0.433 e. The predicted molar refractivity (Wildman–Crippen MR) is 109 cm³/mol. The topological polar surface area (TPSA) is 59.1 Å². The van der Waals surface area contributed by atoms with Crippen LogP contribution in [0.5, 0.6) is 0 Å². The first-order valence-corrected chi connectivity index (χ1v) is 11.3. The van der Waals surface area contributed by atoms with E-state index in [-0.39, 0.29) is 22.7 Å². The summed E-state index contributed by atoms with van der Waals surface area (Å²) >= 11 is 7.10. The van der Waals surface area contributed by atoms with Crippen molar-refractivity contribution in [2.75, 3.05) is 12.3 Å². The lowest BCUT2D eigenvalue weighted by molar-refractivity contribution is -0.141. The number of nitrogens with zero attached hydrogens (tertiary/aromatic N) is 1. The van der Waals surface area contributed by atoms with E-state index in [0.717, 1.165) is 23.4 Å². The highest BCUT2D eigenvalue weighted by Crippen LogP contribution is 2.34. The SMILES string of the molecule is Cc1ccc(S(=O)(=O)NCCSc2cc(C(F)(F)F)nc3ccccc23)cc1Cl. The first kappa shape index (κ1) is 21.9. The molecule has 0 aliphatic heterocycles. The summed E-state index contributed by atoms with van der Waals surface area (Å²) in [5.41, 5.74) is 0.0134. The molecular weight excluding hydrogens is 445 g/mol. The number of nitrogens with one attached hydrogen (secondary N) is 1. The molecule has 0 saturated heterocycles. The predicted octanol–water partition coefficient (Wildman–Crippen LogP) is 5.29. The zero-order valence-corrected chi connectivity index (χ0v) is 17.5. The molecular formula is C19H16ClF3N2O2S2. The molecule has 0 aliphatic rings. The number of hydrogen-bond donors (Lipinski definition) is 1. The van der Waals surface area contributed by atoms with Crippen molar-refractivity contribution in [2.45, 2.75) is 22.9 Å². The monoisotopic (exact) mass is 460 g/mol. The van der Waals surface area contributed by atoms with Crippen molar-refractivity contribution in [1.82, 2.24) is 9.71 Å². The van der Waals surface area contributed by atoms with Crippen LogP contribution < -0.4 is 4.72 Å². The highest BCUT2D eigenvalue weighted by atomic mass is 35.5. The second-order valence-electron chi connectivity index (χ2n) is 6.18. The van der Waals surface area contributed by atoms with Crippen LogP contribution in [0.4, 0.5) is 13.2 Å². The van der Waals surface area contributed by atoms with E-state index in [9.17, 15) is 21.6 Å². The van der Waals surface area contributed by atoms with Crippen molar-refractivity contribution < 1.29 is 21.6 Å². The average molecular weight is 461 g/mol. The molecule has 0 amide bonds. The number of halogens is 4. The van der Waals surface area contributed by atoms with Gasteiger partial charge in [-0.05, 0) is 36.8 Å². The summed E-state index contributed by atoms with van der Waals surface area (Å²) in [6.45, 7) is 1.80. The Morgan fingerprint density at radius 1 is 1.14 bits per heavy atom. The number of pyridine rings is 1. The van der Waals surface area contributed by atoms with Crippen molar-refractivity contribution in [1.29, 1.82) is 0 Å². The van der Waals surface area contributed by atoms with Crippen molar-refractivity contribution in [3.8, 4) is 0 Å². The summed E-state index contributed by atoms with van der Waals surface area (Å²) in [7, 11) is -3.77. The minimum absolute atomic E-state index is 0.0341. The van der Waals surface area contributed by atoms with Gasteiger partial charge in [-0.1, -0.05) is 35.9 Å². The highest BCUT2D eigenvalue weighted by Gasteiger charge is 2.33. The lowest BCUT2D eigenvalue weighted by Gasteiger charge is -2.12. The third kappa shape index (κ3) is 5.22. The van der Waals surface area contributed by atoms with Crippen LogP contribution in [0.1, 0.15) is 11.3 Å². The third-order valence-electron chi connectivity index (χ3n) is 4.07. The Labute approximate surface area is 175 Å². The number of para-hydroxylation sites is 1. The molecule has 0 aliphatic carbocycles. The van der Waals surface area contributed by atoms with Crippen LogP contribution in [-0.2, 0) is 16.2 Å². The van der Waals surface area contributed by atoms with Crippen LogP contribution in [0.25, 0.3) is 10.9 Å². The Bertz CT molecular complexity index is 1150. The Balaban J connectivity index is 1.73. The second kappa shape index (κ2) is 8.51. The lowest BCUT2D eigenvalue weighted by atomic mass is 10.2.